The lowest BCUT2D eigenvalue weighted by Crippen LogP contribution is -2.25. The van der Waals surface area contributed by atoms with E-state index >= 15 is 0 Å². The smallest absolute Gasteiger partial charge is 0.345 e. The number of anilines is 1. The van der Waals surface area contributed by atoms with E-state index in [0.29, 0.717) is 5.13 Å². The third-order valence-electron chi connectivity index (χ3n) is 2.20. The first-order valence-corrected chi connectivity index (χ1v) is 4.96. The Morgan fingerprint density at radius 2 is 2.50 bits per heavy atom. The first kappa shape index (κ1) is 9.35. The van der Waals surface area contributed by atoms with Gasteiger partial charge in [0.2, 0.25) is 0 Å². The van der Waals surface area contributed by atoms with Gasteiger partial charge in [0.05, 0.1) is 17.1 Å². The topological polar surface area (TPSA) is 88.3 Å². The molecule has 2 N–H and O–H groups in total. The Kier molecular flexibility index (Phi) is 2.12. The van der Waals surface area contributed by atoms with Gasteiger partial charge >= 0.3 is 5.00 Å². The van der Waals surface area contributed by atoms with Gasteiger partial charge in [-0.3, -0.25) is 10.1 Å². The van der Waals surface area contributed by atoms with Crippen LogP contribution in [0, 0.1) is 10.1 Å². The van der Waals surface area contributed by atoms with Gasteiger partial charge in [-0.15, -0.1) is 0 Å². The molecular formula is C7H9N3O3S. The van der Waals surface area contributed by atoms with E-state index in [2.05, 4.69) is 10.3 Å². The molecule has 1 saturated carbocycles. The van der Waals surface area contributed by atoms with Gasteiger partial charge < -0.3 is 10.4 Å². The summed E-state index contributed by atoms with van der Waals surface area (Å²) in [6, 6.07) is 0. The van der Waals surface area contributed by atoms with Crippen molar-refractivity contribution in [1.29, 1.82) is 0 Å². The van der Waals surface area contributed by atoms with Crippen LogP contribution in [-0.2, 0) is 0 Å². The van der Waals surface area contributed by atoms with Gasteiger partial charge in [0.1, 0.15) is 6.20 Å². The maximum atomic E-state index is 10.4. The number of nitrogens with one attached hydrogen (secondary N) is 1. The summed E-state index contributed by atoms with van der Waals surface area (Å²) >= 11 is 0.991. The van der Waals surface area contributed by atoms with E-state index in [1.54, 1.807) is 0 Å². The number of aliphatic hydroxyl groups is 1. The van der Waals surface area contributed by atoms with Crippen molar-refractivity contribution in [2.24, 2.45) is 0 Å². The molecule has 0 aliphatic heterocycles. The minimum Gasteiger partial charge on any atom is -0.394 e. The molecule has 1 aliphatic carbocycles. The lowest BCUT2D eigenvalue weighted by molar-refractivity contribution is -0.380. The van der Waals surface area contributed by atoms with Gasteiger partial charge in [0.25, 0.3) is 0 Å². The number of rotatable bonds is 4. The van der Waals surface area contributed by atoms with Crippen molar-refractivity contribution in [3.05, 3.63) is 16.3 Å². The van der Waals surface area contributed by atoms with Crippen molar-refractivity contribution in [1.82, 2.24) is 4.98 Å². The second kappa shape index (κ2) is 3.18. The Labute approximate surface area is 83.7 Å². The molecule has 7 heteroatoms. The molecule has 0 unspecified atom stereocenters. The maximum Gasteiger partial charge on any atom is 0.345 e. The summed E-state index contributed by atoms with van der Waals surface area (Å²) in [6.07, 6.45) is 2.99. The van der Waals surface area contributed by atoms with Crippen LogP contribution in [-0.4, -0.2) is 27.2 Å². The molecular weight excluding hydrogens is 206 g/mol. The van der Waals surface area contributed by atoms with Crippen LogP contribution in [0.1, 0.15) is 12.8 Å². The van der Waals surface area contributed by atoms with Crippen LogP contribution in [0.2, 0.25) is 0 Å². The SMILES string of the molecule is O=[N+]([O-])c1cnc(NC2(CO)CC2)s1. The molecule has 2 rings (SSSR count). The average molecular weight is 215 g/mol. The predicted octanol–water partition coefficient (Wildman–Crippen LogP) is 0.988. The van der Waals surface area contributed by atoms with Crippen molar-refractivity contribution in [2.45, 2.75) is 18.4 Å². The van der Waals surface area contributed by atoms with Crippen LogP contribution in [0.5, 0.6) is 0 Å². The molecule has 1 fully saturated rings. The van der Waals surface area contributed by atoms with Crippen molar-refractivity contribution in [2.75, 3.05) is 11.9 Å². The molecule has 0 bridgehead atoms. The first-order chi connectivity index (χ1) is 6.65. The van der Waals surface area contributed by atoms with E-state index in [9.17, 15) is 10.1 Å². The Morgan fingerprint density at radius 1 is 1.79 bits per heavy atom. The molecule has 0 saturated heterocycles. The molecule has 6 nitrogen and oxygen atoms in total. The van der Waals surface area contributed by atoms with Gasteiger partial charge in [-0.1, -0.05) is 0 Å². The van der Waals surface area contributed by atoms with Crippen LogP contribution < -0.4 is 5.32 Å². The maximum absolute atomic E-state index is 10.4. The molecule has 0 atom stereocenters. The van der Waals surface area contributed by atoms with Gasteiger partial charge in [0, 0.05) is 0 Å². The fraction of sp³-hybridized carbons (Fsp3) is 0.571. The lowest BCUT2D eigenvalue weighted by atomic mass is 10.3. The molecule has 76 valence electrons. The Hall–Kier alpha value is -1.21. The number of aliphatic hydroxyl groups excluding tert-OH is 1. The van der Waals surface area contributed by atoms with Crippen LogP contribution in [0.25, 0.3) is 0 Å². The fourth-order valence-corrected chi connectivity index (χ4v) is 1.86. The highest BCUT2D eigenvalue weighted by molar-refractivity contribution is 7.18. The van der Waals surface area contributed by atoms with E-state index in [1.165, 1.54) is 6.20 Å². The highest BCUT2D eigenvalue weighted by Crippen LogP contribution is 2.39. The number of nitrogens with zero attached hydrogens (tertiary/aromatic N) is 2. The van der Waals surface area contributed by atoms with Crippen molar-refractivity contribution in [3.63, 3.8) is 0 Å². The third-order valence-corrected chi connectivity index (χ3v) is 3.07. The molecule has 0 radical (unpaired) electrons. The van der Waals surface area contributed by atoms with Gasteiger partial charge in [-0.2, -0.15) is 0 Å². The Bertz CT molecular complexity index is 361. The lowest BCUT2D eigenvalue weighted by Gasteiger charge is -2.11. The zero-order chi connectivity index (χ0) is 10.2. The average Bonchev–Trinajstić information content (AvgIpc) is 2.75. The second-order valence-electron chi connectivity index (χ2n) is 3.32. The molecule has 1 aromatic rings. The molecule has 0 aromatic carbocycles. The van der Waals surface area contributed by atoms with Gasteiger partial charge in [0.15, 0.2) is 5.13 Å². The van der Waals surface area contributed by atoms with Crippen LogP contribution in [0.15, 0.2) is 6.20 Å². The summed E-state index contributed by atoms with van der Waals surface area (Å²) in [5.41, 5.74) is -0.272. The summed E-state index contributed by atoms with van der Waals surface area (Å²) in [5.74, 6) is 0. The van der Waals surface area contributed by atoms with Crippen molar-refractivity contribution >= 4 is 21.5 Å². The summed E-state index contributed by atoms with van der Waals surface area (Å²) in [5, 5.41) is 22.9. The largest absolute Gasteiger partial charge is 0.394 e. The minimum atomic E-state index is -0.471. The van der Waals surface area contributed by atoms with Gasteiger partial charge in [-0.05, 0) is 24.2 Å². The normalized spacial score (nSPS) is 17.8. The number of thiazole rings is 1. The summed E-state index contributed by atoms with van der Waals surface area (Å²) in [7, 11) is 0. The van der Waals surface area contributed by atoms with E-state index in [4.69, 9.17) is 5.11 Å². The Morgan fingerprint density at radius 3 is 2.93 bits per heavy atom. The van der Waals surface area contributed by atoms with E-state index in [-0.39, 0.29) is 17.1 Å². The van der Waals surface area contributed by atoms with Crippen LogP contribution >= 0.6 is 11.3 Å². The Balaban J connectivity index is 2.07. The van der Waals surface area contributed by atoms with E-state index in [0.717, 1.165) is 24.2 Å². The zero-order valence-corrected chi connectivity index (χ0v) is 8.08. The first-order valence-electron chi connectivity index (χ1n) is 4.14. The predicted molar refractivity (Wildman–Crippen MR) is 51.4 cm³/mol. The molecule has 1 heterocycles. The molecule has 1 aromatic heterocycles. The van der Waals surface area contributed by atoms with E-state index < -0.39 is 4.92 Å². The van der Waals surface area contributed by atoms with Crippen molar-refractivity contribution in [3.8, 4) is 0 Å². The highest BCUT2D eigenvalue weighted by Gasteiger charge is 2.42. The summed E-state index contributed by atoms with van der Waals surface area (Å²) < 4.78 is 0. The van der Waals surface area contributed by atoms with Crippen molar-refractivity contribution < 1.29 is 10.0 Å². The summed E-state index contributed by atoms with van der Waals surface area (Å²) in [6.45, 7) is 0.0420. The molecule has 14 heavy (non-hydrogen) atoms. The number of hydrogen-bond donors (Lipinski definition) is 2. The molecule has 0 spiro atoms. The number of hydrogen-bond acceptors (Lipinski definition) is 6. The highest BCUT2D eigenvalue weighted by atomic mass is 32.1. The van der Waals surface area contributed by atoms with Crippen LogP contribution in [0.4, 0.5) is 10.1 Å². The third kappa shape index (κ3) is 1.68. The number of nitro groups is 1. The minimum absolute atomic E-state index is 0.0150. The quantitative estimate of drug-likeness (QED) is 0.577. The van der Waals surface area contributed by atoms with E-state index in [1.807, 2.05) is 0 Å². The van der Waals surface area contributed by atoms with Crippen LogP contribution in [0.3, 0.4) is 0 Å². The fourth-order valence-electron chi connectivity index (χ4n) is 1.11. The second-order valence-corrected chi connectivity index (χ2v) is 4.33. The summed E-state index contributed by atoms with van der Waals surface area (Å²) in [4.78, 5) is 13.8. The van der Waals surface area contributed by atoms with Gasteiger partial charge in [-0.25, -0.2) is 4.98 Å². The monoisotopic (exact) mass is 215 g/mol. The molecule has 0 amide bonds. The standard InChI is InChI=1S/C7H9N3O3S/c11-4-7(1-2-7)9-6-8-3-5(14-6)10(12)13/h3,11H,1-2,4H2,(H,8,9). The molecule has 1 aliphatic rings. The zero-order valence-electron chi connectivity index (χ0n) is 7.27. The number of aromatic nitrogens is 1.